The van der Waals surface area contributed by atoms with Crippen LogP contribution in [-0.4, -0.2) is 23.2 Å². The molecule has 1 saturated carbocycles. The van der Waals surface area contributed by atoms with Gasteiger partial charge in [-0.25, -0.2) is 0 Å². The molecule has 14 heavy (non-hydrogen) atoms. The maximum atomic E-state index is 11.1. The Labute approximate surface area is 84.9 Å². The van der Waals surface area contributed by atoms with Gasteiger partial charge >= 0.3 is 5.97 Å². The van der Waals surface area contributed by atoms with Crippen molar-refractivity contribution in [3.63, 3.8) is 0 Å². The van der Waals surface area contributed by atoms with Crippen molar-refractivity contribution in [3.05, 3.63) is 0 Å². The Morgan fingerprint density at radius 2 is 2.36 bits per heavy atom. The summed E-state index contributed by atoms with van der Waals surface area (Å²) >= 11 is 0. The van der Waals surface area contributed by atoms with Crippen molar-refractivity contribution in [2.75, 3.05) is 6.54 Å². The fraction of sp³-hybridized carbons (Fsp3) is 0.727. The van der Waals surface area contributed by atoms with Crippen LogP contribution in [-0.2, 0) is 4.79 Å². The molecule has 0 aromatic heterocycles. The second-order valence-electron chi connectivity index (χ2n) is 4.20. The quantitative estimate of drug-likeness (QED) is 0.649. The van der Waals surface area contributed by atoms with Crippen molar-refractivity contribution in [3.8, 4) is 12.3 Å². The topological polar surface area (TPSA) is 49.3 Å². The van der Waals surface area contributed by atoms with Gasteiger partial charge in [0, 0.05) is 0 Å². The number of nitrogens with one attached hydrogen (secondary N) is 1. The van der Waals surface area contributed by atoms with Crippen LogP contribution in [0.3, 0.4) is 0 Å². The Kier molecular flexibility index (Phi) is 3.54. The third-order valence-corrected chi connectivity index (χ3v) is 2.97. The first-order valence-electron chi connectivity index (χ1n) is 5.00. The summed E-state index contributed by atoms with van der Waals surface area (Å²) in [5.74, 6) is 2.16. The second kappa shape index (κ2) is 4.47. The summed E-state index contributed by atoms with van der Waals surface area (Å²) in [6, 6.07) is 0. The maximum Gasteiger partial charge on any atom is 0.323 e. The van der Waals surface area contributed by atoms with Crippen molar-refractivity contribution in [2.45, 2.75) is 38.1 Å². The molecule has 1 fully saturated rings. The van der Waals surface area contributed by atoms with Crippen LogP contribution in [0.1, 0.15) is 32.6 Å². The standard InChI is InChI=1S/C11H17NO2/c1-3-7-12-11(2,10(13)14)8-9-5-4-6-9/h1,9,12H,4-8H2,2H3,(H,13,14). The van der Waals surface area contributed by atoms with E-state index in [1.54, 1.807) is 6.92 Å². The molecule has 0 aromatic rings. The molecule has 2 N–H and O–H groups in total. The Balaban J connectivity index is 2.51. The van der Waals surface area contributed by atoms with Crippen LogP contribution in [0.15, 0.2) is 0 Å². The molecule has 0 aliphatic heterocycles. The van der Waals surface area contributed by atoms with Gasteiger partial charge in [0.15, 0.2) is 0 Å². The van der Waals surface area contributed by atoms with Crippen LogP contribution in [0.5, 0.6) is 0 Å². The minimum Gasteiger partial charge on any atom is -0.480 e. The summed E-state index contributed by atoms with van der Waals surface area (Å²) < 4.78 is 0. The van der Waals surface area contributed by atoms with Gasteiger partial charge in [0.05, 0.1) is 6.54 Å². The van der Waals surface area contributed by atoms with Crippen molar-refractivity contribution < 1.29 is 9.90 Å². The first-order chi connectivity index (χ1) is 6.58. The van der Waals surface area contributed by atoms with Gasteiger partial charge in [-0.3, -0.25) is 10.1 Å². The molecule has 0 spiro atoms. The molecule has 0 heterocycles. The highest BCUT2D eigenvalue weighted by Gasteiger charge is 2.36. The SMILES string of the molecule is C#CCNC(C)(CC1CCC1)C(=O)O. The summed E-state index contributed by atoms with van der Waals surface area (Å²) in [7, 11) is 0. The molecule has 3 nitrogen and oxygen atoms in total. The highest BCUT2D eigenvalue weighted by molar-refractivity contribution is 5.78. The van der Waals surface area contributed by atoms with E-state index in [0.29, 0.717) is 18.9 Å². The molecule has 78 valence electrons. The molecular weight excluding hydrogens is 178 g/mol. The molecule has 1 aliphatic rings. The summed E-state index contributed by atoms with van der Waals surface area (Å²) in [6.45, 7) is 2.03. The lowest BCUT2D eigenvalue weighted by molar-refractivity contribution is -0.145. The molecule has 0 aromatic carbocycles. The lowest BCUT2D eigenvalue weighted by Gasteiger charge is -2.34. The molecule has 1 rings (SSSR count). The third-order valence-electron chi connectivity index (χ3n) is 2.97. The molecule has 0 radical (unpaired) electrons. The van der Waals surface area contributed by atoms with Gasteiger partial charge in [0.1, 0.15) is 5.54 Å². The average Bonchev–Trinajstić information content (AvgIpc) is 2.08. The Morgan fingerprint density at radius 3 is 2.71 bits per heavy atom. The number of aliphatic carboxylic acids is 1. The molecule has 0 saturated heterocycles. The molecule has 1 atom stereocenters. The van der Waals surface area contributed by atoms with Crippen molar-refractivity contribution in [1.82, 2.24) is 5.32 Å². The van der Waals surface area contributed by atoms with Gasteiger partial charge in [0.2, 0.25) is 0 Å². The third kappa shape index (κ3) is 2.49. The fourth-order valence-corrected chi connectivity index (χ4v) is 1.76. The van der Waals surface area contributed by atoms with Crippen LogP contribution in [0.25, 0.3) is 0 Å². The molecular formula is C11H17NO2. The lowest BCUT2D eigenvalue weighted by atomic mass is 9.76. The van der Waals surface area contributed by atoms with Gasteiger partial charge in [-0.05, 0) is 19.3 Å². The number of carboxylic acid groups (broad SMARTS) is 1. The summed E-state index contributed by atoms with van der Waals surface area (Å²) in [4.78, 5) is 11.1. The molecule has 1 unspecified atom stereocenters. The smallest absolute Gasteiger partial charge is 0.323 e. The highest BCUT2D eigenvalue weighted by atomic mass is 16.4. The predicted octanol–water partition coefficient (Wildman–Crippen LogP) is 1.24. The zero-order chi connectivity index (χ0) is 10.6. The molecule has 0 amide bonds. The van der Waals surface area contributed by atoms with Crippen LogP contribution >= 0.6 is 0 Å². The molecule has 1 aliphatic carbocycles. The maximum absolute atomic E-state index is 11.1. The summed E-state index contributed by atoms with van der Waals surface area (Å²) in [6.07, 6.45) is 9.33. The van der Waals surface area contributed by atoms with Crippen LogP contribution in [0.2, 0.25) is 0 Å². The normalized spacial score (nSPS) is 20.6. The largest absolute Gasteiger partial charge is 0.480 e. The monoisotopic (exact) mass is 195 g/mol. The Hall–Kier alpha value is -1.01. The number of hydrogen-bond acceptors (Lipinski definition) is 2. The van der Waals surface area contributed by atoms with Gasteiger partial charge in [0.25, 0.3) is 0 Å². The number of rotatable bonds is 5. The van der Waals surface area contributed by atoms with Crippen molar-refractivity contribution in [2.24, 2.45) is 5.92 Å². The number of hydrogen-bond donors (Lipinski definition) is 2. The van der Waals surface area contributed by atoms with Gasteiger partial charge in [-0.2, -0.15) is 0 Å². The zero-order valence-corrected chi connectivity index (χ0v) is 8.55. The van der Waals surface area contributed by atoms with E-state index in [1.165, 1.54) is 6.42 Å². The first-order valence-corrected chi connectivity index (χ1v) is 5.00. The minimum atomic E-state index is -0.850. The Bertz CT molecular complexity index is 253. The van der Waals surface area contributed by atoms with E-state index >= 15 is 0 Å². The van der Waals surface area contributed by atoms with Crippen LogP contribution in [0.4, 0.5) is 0 Å². The first kappa shape index (κ1) is 11.1. The van der Waals surface area contributed by atoms with E-state index in [0.717, 1.165) is 12.8 Å². The number of carbonyl (C=O) groups is 1. The van der Waals surface area contributed by atoms with Crippen molar-refractivity contribution >= 4 is 5.97 Å². The average molecular weight is 195 g/mol. The van der Waals surface area contributed by atoms with E-state index in [-0.39, 0.29) is 0 Å². The van der Waals surface area contributed by atoms with E-state index in [2.05, 4.69) is 11.2 Å². The molecule has 3 heteroatoms. The van der Waals surface area contributed by atoms with E-state index in [4.69, 9.17) is 11.5 Å². The zero-order valence-electron chi connectivity index (χ0n) is 8.55. The minimum absolute atomic E-state index is 0.315. The lowest BCUT2D eigenvalue weighted by Crippen LogP contribution is -2.51. The fourth-order valence-electron chi connectivity index (χ4n) is 1.76. The van der Waals surface area contributed by atoms with E-state index in [1.807, 2.05) is 0 Å². The van der Waals surface area contributed by atoms with Gasteiger partial charge in [-0.1, -0.05) is 25.2 Å². The van der Waals surface area contributed by atoms with Gasteiger partial charge < -0.3 is 5.11 Å². The number of carboxylic acids is 1. The van der Waals surface area contributed by atoms with Crippen molar-refractivity contribution in [1.29, 1.82) is 0 Å². The van der Waals surface area contributed by atoms with Crippen LogP contribution in [0, 0.1) is 18.3 Å². The van der Waals surface area contributed by atoms with Crippen LogP contribution < -0.4 is 5.32 Å². The second-order valence-corrected chi connectivity index (χ2v) is 4.20. The number of terminal acetylenes is 1. The highest BCUT2D eigenvalue weighted by Crippen LogP contribution is 2.33. The van der Waals surface area contributed by atoms with Gasteiger partial charge in [-0.15, -0.1) is 6.42 Å². The predicted molar refractivity (Wildman–Crippen MR) is 54.8 cm³/mol. The summed E-state index contributed by atoms with van der Waals surface area (Å²) in [5.41, 5.74) is -0.850. The Morgan fingerprint density at radius 1 is 1.71 bits per heavy atom. The molecule has 0 bridgehead atoms. The summed E-state index contributed by atoms with van der Waals surface area (Å²) in [5, 5.41) is 12.0. The van der Waals surface area contributed by atoms with E-state index < -0.39 is 11.5 Å². The van der Waals surface area contributed by atoms with E-state index in [9.17, 15) is 4.79 Å².